The van der Waals surface area contributed by atoms with Gasteiger partial charge in [-0.15, -0.1) is 0 Å². The van der Waals surface area contributed by atoms with Crippen molar-refractivity contribution in [2.75, 3.05) is 11.9 Å². The zero-order valence-corrected chi connectivity index (χ0v) is 14.3. The maximum Gasteiger partial charge on any atom is 0.342 e. The average molecular weight is 370 g/mol. The van der Waals surface area contributed by atoms with E-state index in [4.69, 9.17) is 32.4 Å². The van der Waals surface area contributed by atoms with Gasteiger partial charge in [-0.25, -0.2) is 9.59 Å². The van der Waals surface area contributed by atoms with E-state index in [2.05, 4.69) is 5.32 Å². The van der Waals surface area contributed by atoms with Crippen LogP contribution in [0.1, 0.15) is 21.7 Å². The van der Waals surface area contributed by atoms with E-state index in [-0.39, 0.29) is 16.3 Å². The molecule has 0 bridgehead atoms. The quantitative estimate of drug-likeness (QED) is 0.835. The van der Waals surface area contributed by atoms with Crippen LogP contribution in [-0.2, 0) is 9.53 Å². The van der Waals surface area contributed by atoms with Crippen molar-refractivity contribution in [3.05, 3.63) is 61.6 Å². The van der Waals surface area contributed by atoms with Gasteiger partial charge in [0.05, 0.1) is 10.7 Å². The molecule has 6 nitrogen and oxygen atoms in total. The molecule has 24 heavy (non-hydrogen) atoms. The lowest BCUT2D eigenvalue weighted by Gasteiger charge is -2.10. The highest BCUT2D eigenvalue weighted by molar-refractivity contribution is 6.36. The van der Waals surface area contributed by atoms with E-state index in [1.54, 1.807) is 13.0 Å². The average Bonchev–Trinajstić information content (AvgIpc) is 2.47. The van der Waals surface area contributed by atoms with Crippen molar-refractivity contribution < 1.29 is 18.7 Å². The van der Waals surface area contributed by atoms with Crippen LogP contribution in [-0.4, -0.2) is 18.5 Å². The van der Waals surface area contributed by atoms with E-state index in [9.17, 15) is 14.4 Å². The number of carbonyl (C=O) groups excluding carboxylic acids is 2. The van der Waals surface area contributed by atoms with Crippen LogP contribution in [0.2, 0.25) is 10.0 Å². The van der Waals surface area contributed by atoms with Gasteiger partial charge < -0.3 is 14.5 Å². The summed E-state index contributed by atoms with van der Waals surface area (Å²) in [7, 11) is 0. The molecular formula is C16H13Cl2NO5. The number of benzene rings is 1. The zero-order chi connectivity index (χ0) is 17.9. The van der Waals surface area contributed by atoms with Gasteiger partial charge in [-0.2, -0.15) is 0 Å². The fourth-order valence-electron chi connectivity index (χ4n) is 2.04. The Morgan fingerprint density at radius 3 is 2.54 bits per heavy atom. The number of amides is 1. The van der Waals surface area contributed by atoms with Gasteiger partial charge in [0.2, 0.25) is 0 Å². The lowest BCUT2D eigenvalue weighted by atomic mass is 10.1. The summed E-state index contributed by atoms with van der Waals surface area (Å²) in [5.41, 5.74) is 0.318. The van der Waals surface area contributed by atoms with Gasteiger partial charge >= 0.3 is 11.6 Å². The summed E-state index contributed by atoms with van der Waals surface area (Å²) in [6.07, 6.45) is 0. The molecule has 1 aromatic carbocycles. The van der Waals surface area contributed by atoms with E-state index in [0.29, 0.717) is 16.3 Å². The van der Waals surface area contributed by atoms with Crippen LogP contribution < -0.4 is 10.9 Å². The summed E-state index contributed by atoms with van der Waals surface area (Å²) in [5, 5.41) is 3.20. The Hall–Kier alpha value is -2.31. The number of anilines is 1. The van der Waals surface area contributed by atoms with Gasteiger partial charge in [-0.1, -0.05) is 23.2 Å². The highest BCUT2D eigenvalue weighted by atomic mass is 35.5. The second-order valence-electron chi connectivity index (χ2n) is 4.93. The van der Waals surface area contributed by atoms with Crippen molar-refractivity contribution in [2.24, 2.45) is 0 Å². The summed E-state index contributed by atoms with van der Waals surface area (Å²) in [6, 6.07) is 5.75. The van der Waals surface area contributed by atoms with Crippen molar-refractivity contribution in [1.82, 2.24) is 0 Å². The summed E-state index contributed by atoms with van der Waals surface area (Å²) in [5.74, 6) is -1.20. The molecule has 1 amide bonds. The number of halogens is 2. The second kappa shape index (κ2) is 7.51. The molecule has 126 valence electrons. The molecule has 1 heterocycles. The molecular weight excluding hydrogens is 357 g/mol. The van der Waals surface area contributed by atoms with E-state index in [1.807, 2.05) is 0 Å². The zero-order valence-electron chi connectivity index (χ0n) is 12.8. The smallest absolute Gasteiger partial charge is 0.342 e. The van der Waals surface area contributed by atoms with Crippen LogP contribution in [0.15, 0.2) is 33.5 Å². The van der Waals surface area contributed by atoms with Gasteiger partial charge in [0.15, 0.2) is 6.61 Å². The summed E-state index contributed by atoms with van der Waals surface area (Å²) in [4.78, 5) is 35.1. The molecule has 0 aliphatic carbocycles. The number of nitrogens with one attached hydrogen (secondary N) is 1. The van der Waals surface area contributed by atoms with Crippen LogP contribution in [0, 0.1) is 13.8 Å². The standard InChI is InChI=1S/C16H13Cl2NO5/c1-8-5-14(21)24-9(2)15(8)16(22)23-7-13(20)19-12-4-3-10(17)6-11(12)18/h3-6H,7H2,1-2H3,(H,19,20). The first kappa shape index (κ1) is 18.0. The number of hydrogen-bond donors (Lipinski definition) is 1. The minimum absolute atomic E-state index is 0.118. The molecule has 0 spiro atoms. The molecule has 0 aliphatic rings. The van der Waals surface area contributed by atoms with Gasteiger partial charge in [0.25, 0.3) is 5.91 Å². The molecule has 2 aromatic rings. The van der Waals surface area contributed by atoms with Crippen molar-refractivity contribution in [1.29, 1.82) is 0 Å². The third-order valence-corrected chi connectivity index (χ3v) is 3.63. The largest absolute Gasteiger partial charge is 0.452 e. The predicted molar refractivity (Wildman–Crippen MR) is 89.8 cm³/mol. The van der Waals surface area contributed by atoms with Gasteiger partial charge in [-0.3, -0.25) is 4.79 Å². The molecule has 0 radical (unpaired) electrons. The maximum atomic E-state index is 12.1. The molecule has 2 rings (SSSR count). The molecule has 0 saturated heterocycles. The number of hydrogen-bond acceptors (Lipinski definition) is 5. The Morgan fingerprint density at radius 1 is 1.21 bits per heavy atom. The Labute approximate surface area is 147 Å². The molecule has 0 aliphatic heterocycles. The predicted octanol–water partition coefficient (Wildman–Crippen LogP) is 3.36. The number of carbonyl (C=O) groups is 2. The lowest BCUT2D eigenvalue weighted by molar-refractivity contribution is -0.119. The minimum atomic E-state index is -0.758. The van der Waals surface area contributed by atoms with Crippen LogP contribution in [0.4, 0.5) is 5.69 Å². The monoisotopic (exact) mass is 369 g/mol. The van der Waals surface area contributed by atoms with Crippen molar-refractivity contribution in [3.8, 4) is 0 Å². The molecule has 0 unspecified atom stereocenters. The molecule has 1 N–H and O–H groups in total. The van der Waals surface area contributed by atoms with Crippen molar-refractivity contribution >= 4 is 40.8 Å². The number of aryl methyl sites for hydroxylation is 2. The second-order valence-corrected chi connectivity index (χ2v) is 5.77. The molecule has 0 fully saturated rings. The van der Waals surface area contributed by atoms with Gasteiger partial charge in [0.1, 0.15) is 11.3 Å². The third kappa shape index (κ3) is 4.37. The molecule has 0 atom stereocenters. The number of esters is 1. The van der Waals surface area contributed by atoms with Crippen LogP contribution >= 0.6 is 23.2 Å². The summed E-state index contributed by atoms with van der Waals surface area (Å²) >= 11 is 11.7. The topological polar surface area (TPSA) is 85.6 Å². The van der Waals surface area contributed by atoms with E-state index >= 15 is 0 Å². The fourth-order valence-corrected chi connectivity index (χ4v) is 2.50. The Kier molecular flexibility index (Phi) is 5.64. The lowest BCUT2D eigenvalue weighted by Crippen LogP contribution is -2.22. The highest BCUT2D eigenvalue weighted by Crippen LogP contribution is 2.25. The van der Waals surface area contributed by atoms with Crippen molar-refractivity contribution in [2.45, 2.75) is 13.8 Å². The first-order valence-corrected chi connectivity index (χ1v) is 7.57. The number of rotatable bonds is 4. The normalized spacial score (nSPS) is 10.3. The number of ether oxygens (including phenoxy) is 1. The van der Waals surface area contributed by atoms with E-state index in [0.717, 1.165) is 0 Å². The third-order valence-electron chi connectivity index (χ3n) is 3.08. The molecule has 1 aromatic heterocycles. The van der Waals surface area contributed by atoms with Crippen LogP contribution in [0.25, 0.3) is 0 Å². The van der Waals surface area contributed by atoms with Crippen LogP contribution in [0.3, 0.4) is 0 Å². The summed E-state index contributed by atoms with van der Waals surface area (Å²) in [6.45, 7) is 2.53. The Morgan fingerprint density at radius 2 is 1.92 bits per heavy atom. The molecule has 0 saturated carbocycles. The van der Waals surface area contributed by atoms with Gasteiger partial charge in [0, 0.05) is 11.1 Å². The minimum Gasteiger partial charge on any atom is -0.452 e. The van der Waals surface area contributed by atoms with E-state index in [1.165, 1.54) is 25.1 Å². The van der Waals surface area contributed by atoms with Gasteiger partial charge in [-0.05, 0) is 37.6 Å². The first-order valence-electron chi connectivity index (χ1n) is 6.81. The van der Waals surface area contributed by atoms with Crippen LogP contribution in [0.5, 0.6) is 0 Å². The first-order chi connectivity index (χ1) is 11.3. The SMILES string of the molecule is Cc1cc(=O)oc(C)c1C(=O)OCC(=O)Nc1ccc(Cl)cc1Cl. The van der Waals surface area contributed by atoms with E-state index < -0.39 is 24.1 Å². The highest BCUT2D eigenvalue weighted by Gasteiger charge is 2.18. The molecule has 8 heteroatoms. The maximum absolute atomic E-state index is 12.1. The Bertz CT molecular complexity index is 834. The summed E-state index contributed by atoms with van der Waals surface area (Å²) < 4.78 is 9.80. The van der Waals surface area contributed by atoms with Crippen molar-refractivity contribution in [3.63, 3.8) is 0 Å². The Balaban J connectivity index is 2.01. The fraction of sp³-hybridized carbons (Fsp3) is 0.188.